The summed E-state index contributed by atoms with van der Waals surface area (Å²) in [6, 6.07) is 1.53. The minimum absolute atomic E-state index is 0.00389. The molecule has 0 bridgehead atoms. The van der Waals surface area contributed by atoms with Crippen molar-refractivity contribution in [3.63, 3.8) is 0 Å². The van der Waals surface area contributed by atoms with Crippen molar-refractivity contribution in [2.75, 3.05) is 0 Å². The van der Waals surface area contributed by atoms with Crippen molar-refractivity contribution in [3.8, 4) is 0 Å². The summed E-state index contributed by atoms with van der Waals surface area (Å²) in [6.07, 6.45) is 4.74. The summed E-state index contributed by atoms with van der Waals surface area (Å²) in [5.74, 6) is -0.932. The first-order chi connectivity index (χ1) is 8.59. The van der Waals surface area contributed by atoms with Gasteiger partial charge in [-0.25, -0.2) is 13.2 Å². The number of hydrogen-bond donors (Lipinski definition) is 0. The highest BCUT2D eigenvalue weighted by molar-refractivity contribution is 9.09. The molecule has 0 N–H and O–H groups in total. The minimum Gasteiger partial charge on any atom is -0.207 e. The van der Waals surface area contributed by atoms with Crippen molar-refractivity contribution in [1.29, 1.82) is 0 Å². The van der Waals surface area contributed by atoms with Gasteiger partial charge in [-0.3, -0.25) is 0 Å². The third-order valence-electron chi connectivity index (χ3n) is 4.38. The zero-order valence-electron chi connectivity index (χ0n) is 9.80. The second-order valence-corrected chi connectivity index (χ2v) is 6.36. The topological polar surface area (TPSA) is 0 Å². The largest absolute Gasteiger partial charge is 0.207 e. The van der Waals surface area contributed by atoms with Crippen LogP contribution in [0.3, 0.4) is 0 Å². The fourth-order valence-corrected chi connectivity index (χ4v) is 4.71. The van der Waals surface area contributed by atoms with Crippen LogP contribution >= 0.6 is 15.9 Å². The zero-order valence-corrected chi connectivity index (χ0v) is 11.4. The van der Waals surface area contributed by atoms with Crippen LogP contribution in [-0.4, -0.2) is 0 Å². The van der Waals surface area contributed by atoms with E-state index in [-0.39, 0.29) is 10.4 Å². The number of alkyl halides is 1. The van der Waals surface area contributed by atoms with E-state index in [9.17, 15) is 13.2 Å². The van der Waals surface area contributed by atoms with E-state index in [1.165, 1.54) is 12.8 Å². The molecule has 3 atom stereocenters. The molecule has 0 amide bonds. The Bertz CT molecular complexity index is 439. The summed E-state index contributed by atoms with van der Waals surface area (Å²) in [6.45, 7) is 0. The number of rotatable bonds is 2. The normalized spacial score (nSPS) is 31.9. The number of halogens is 4. The van der Waals surface area contributed by atoms with Gasteiger partial charge in [-0.2, -0.15) is 0 Å². The molecule has 1 aromatic carbocycles. The molecule has 0 nitrogen and oxygen atoms in total. The highest BCUT2D eigenvalue weighted by Gasteiger charge is 2.54. The number of fused-ring (bicyclic) bond motifs is 1. The van der Waals surface area contributed by atoms with Gasteiger partial charge in [-0.1, -0.05) is 28.8 Å². The molecule has 3 rings (SSSR count). The Labute approximate surface area is 113 Å². The first kappa shape index (κ1) is 12.5. The van der Waals surface area contributed by atoms with E-state index < -0.39 is 17.5 Å². The molecule has 2 saturated carbocycles. The maximum Gasteiger partial charge on any atom is 0.133 e. The lowest BCUT2D eigenvalue weighted by Gasteiger charge is -2.12. The van der Waals surface area contributed by atoms with Crippen LogP contribution in [-0.2, 0) is 0 Å². The maximum atomic E-state index is 13.7. The molecule has 98 valence electrons. The Morgan fingerprint density at radius 2 is 1.50 bits per heavy atom. The molecule has 1 aromatic rings. The highest BCUT2D eigenvalue weighted by atomic mass is 79.9. The zero-order chi connectivity index (χ0) is 12.9. The fourth-order valence-electron chi connectivity index (χ4n) is 3.49. The maximum absolute atomic E-state index is 13.7. The van der Waals surface area contributed by atoms with E-state index in [1.54, 1.807) is 0 Å². The Balaban J connectivity index is 1.87. The van der Waals surface area contributed by atoms with E-state index in [4.69, 9.17) is 0 Å². The lowest BCUT2D eigenvalue weighted by atomic mass is 10.0. The molecule has 3 unspecified atom stereocenters. The first-order valence-electron chi connectivity index (χ1n) is 6.38. The third kappa shape index (κ3) is 1.98. The molecular formula is C14H14BrF3. The van der Waals surface area contributed by atoms with E-state index in [2.05, 4.69) is 15.9 Å². The van der Waals surface area contributed by atoms with Crippen LogP contribution in [0.1, 0.15) is 36.1 Å². The van der Waals surface area contributed by atoms with Crippen molar-refractivity contribution < 1.29 is 13.2 Å². The van der Waals surface area contributed by atoms with Crippen LogP contribution in [0.2, 0.25) is 0 Å². The second-order valence-electron chi connectivity index (χ2n) is 5.37. The monoisotopic (exact) mass is 318 g/mol. The van der Waals surface area contributed by atoms with Crippen LogP contribution in [0.4, 0.5) is 13.2 Å². The van der Waals surface area contributed by atoms with Crippen molar-refractivity contribution in [1.82, 2.24) is 0 Å². The van der Waals surface area contributed by atoms with E-state index >= 15 is 0 Å². The summed E-state index contributed by atoms with van der Waals surface area (Å²) < 4.78 is 40.3. The number of benzene rings is 1. The molecule has 0 spiro atoms. The SMILES string of the molecule is Fc1cc(F)c(C(Br)C2C3CCCCC32)c(F)c1. The summed E-state index contributed by atoms with van der Waals surface area (Å²) >= 11 is 3.43. The quantitative estimate of drug-likeness (QED) is 0.675. The molecule has 0 saturated heterocycles. The van der Waals surface area contributed by atoms with Gasteiger partial charge in [0, 0.05) is 22.5 Å². The smallest absolute Gasteiger partial charge is 0.133 e. The van der Waals surface area contributed by atoms with Gasteiger partial charge in [0.25, 0.3) is 0 Å². The van der Waals surface area contributed by atoms with Gasteiger partial charge in [-0.15, -0.1) is 0 Å². The Kier molecular flexibility index (Phi) is 3.16. The predicted octanol–water partition coefficient (Wildman–Crippen LogP) is 4.98. The van der Waals surface area contributed by atoms with Crippen molar-refractivity contribution >= 4 is 15.9 Å². The van der Waals surface area contributed by atoms with E-state index in [1.807, 2.05) is 0 Å². The number of hydrogen-bond acceptors (Lipinski definition) is 0. The Morgan fingerprint density at radius 3 is 2.00 bits per heavy atom. The Morgan fingerprint density at radius 1 is 1.00 bits per heavy atom. The van der Waals surface area contributed by atoms with Crippen LogP contribution in [0, 0.1) is 35.2 Å². The highest BCUT2D eigenvalue weighted by Crippen LogP contribution is 2.63. The molecule has 2 aliphatic rings. The van der Waals surface area contributed by atoms with Gasteiger partial charge < -0.3 is 0 Å². The van der Waals surface area contributed by atoms with Gasteiger partial charge in [0.15, 0.2) is 0 Å². The molecule has 18 heavy (non-hydrogen) atoms. The van der Waals surface area contributed by atoms with Crippen molar-refractivity contribution in [3.05, 3.63) is 35.1 Å². The first-order valence-corrected chi connectivity index (χ1v) is 7.29. The van der Waals surface area contributed by atoms with Crippen LogP contribution in [0.5, 0.6) is 0 Å². The Hall–Kier alpha value is -0.510. The van der Waals surface area contributed by atoms with Gasteiger partial charge in [0.05, 0.1) is 0 Å². The lowest BCUT2D eigenvalue weighted by molar-refractivity contribution is 0.480. The standard InChI is InChI=1S/C14H14BrF3/c15-14(12-8-3-1-2-4-9(8)12)13-10(17)5-7(16)6-11(13)18/h5-6,8-9,12,14H,1-4H2. The molecule has 0 aromatic heterocycles. The van der Waals surface area contributed by atoms with Crippen LogP contribution < -0.4 is 0 Å². The molecule has 0 heterocycles. The summed E-state index contributed by atoms with van der Waals surface area (Å²) in [5.41, 5.74) is -0.00389. The van der Waals surface area contributed by atoms with Crippen LogP contribution in [0.25, 0.3) is 0 Å². The van der Waals surface area contributed by atoms with Gasteiger partial charge in [0.1, 0.15) is 17.5 Å². The molecule has 2 fully saturated rings. The summed E-state index contributed by atoms with van der Waals surface area (Å²) in [5, 5.41) is 0. The molecule has 4 heteroatoms. The molecule has 2 aliphatic carbocycles. The van der Waals surface area contributed by atoms with Crippen molar-refractivity contribution in [2.24, 2.45) is 17.8 Å². The molecule has 0 aliphatic heterocycles. The fraction of sp³-hybridized carbons (Fsp3) is 0.571. The molecule has 0 radical (unpaired) electrons. The minimum atomic E-state index is -0.860. The second kappa shape index (κ2) is 4.55. The van der Waals surface area contributed by atoms with E-state index in [0.29, 0.717) is 17.8 Å². The average Bonchev–Trinajstić information content (AvgIpc) is 3.01. The van der Waals surface area contributed by atoms with Crippen molar-refractivity contribution in [2.45, 2.75) is 30.5 Å². The molecular weight excluding hydrogens is 305 g/mol. The van der Waals surface area contributed by atoms with Gasteiger partial charge in [0.2, 0.25) is 0 Å². The summed E-state index contributed by atoms with van der Waals surface area (Å²) in [4.78, 5) is -0.328. The lowest BCUT2D eigenvalue weighted by Crippen LogP contribution is -2.03. The van der Waals surface area contributed by atoms with Gasteiger partial charge in [-0.05, 0) is 30.6 Å². The third-order valence-corrected chi connectivity index (χ3v) is 5.45. The van der Waals surface area contributed by atoms with E-state index in [0.717, 1.165) is 25.0 Å². The average molecular weight is 319 g/mol. The summed E-state index contributed by atoms with van der Waals surface area (Å²) in [7, 11) is 0. The van der Waals surface area contributed by atoms with Gasteiger partial charge >= 0.3 is 0 Å². The predicted molar refractivity (Wildman–Crippen MR) is 66.9 cm³/mol. The van der Waals surface area contributed by atoms with Crippen LogP contribution in [0.15, 0.2) is 12.1 Å².